The summed E-state index contributed by atoms with van der Waals surface area (Å²) >= 11 is 0. The van der Waals surface area contributed by atoms with Gasteiger partial charge in [0, 0.05) is 11.5 Å². The largest absolute Gasteiger partial charge is 0.493 e. The molecule has 0 saturated carbocycles. The Kier molecular flexibility index (Phi) is 7.26. The molecule has 0 aliphatic heterocycles. The molecule has 0 aliphatic rings. The zero-order valence-corrected chi connectivity index (χ0v) is 18.8. The fourth-order valence-corrected chi connectivity index (χ4v) is 3.96. The monoisotopic (exact) mass is 471 g/mol. The van der Waals surface area contributed by atoms with Gasteiger partial charge >= 0.3 is 5.97 Å². The van der Waals surface area contributed by atoms with Crippen LogP contribution in [0.1, 0.15) is 16.1 Å². The first-order valence-electron chi connectivity index (χ1n) is 9.49. The first-order valence-corrected chi connectivity index (χ1v) is 11.0. The Hall–Kier alpha value is -3.96. The summed E-state index contributed by atoms with van der Waals surface area (Å²) in [5.74, 6) is -1.36. The van der Waals surface area contributed by atoms with E-state index in [1.165, 1.54) is 45.6 Å². The SMILES string of the molecule is COC(=O)/C=C/c1cc(OC)c(OC)c(S(=O)(=O)NNC(=O)c2ccc3ccccc3n2)c1. The first-order chi connectivity index (χ1) is 15.8. The van der Waals surface area contributed by atoms with Crippen LogP contribution in [0, 0.1) is 0 Å². The molecule has 0 bridgehead atoms. The van der Waals surface area contributed by atoms with Crippen LogP contribution in [-0.2, 0) is 19.6 Å². The van der Waals surface area contributed by atoms with Crippen molar-refractivity contribution in [2.45, 2.75) is 4.90 Å². The number of ether oxygens (including phenoxy) is 3. The molecule has 1 amide bonds. The van der Waals surface area contributed by atoms with Gasteiger partial charge in [-0.2, -0.15) is 0 Å². The Balaban J connectivity index is 1.89. The van der Waals surface area contributed by atoms with Crippen molar-refractivity contribution in [1.82, 2.24) is 15.2 Å². The number of sulfonamides is 1. The summed E-state index contributed by atoms with van der Waals surface area (Å²) in [5.41, 5.74) is 3.07. The summed E-state index contributed by atoms with van der Waals surface area (Å²) in [6.45, 7) is 0. The smallest absolute Gasteiger partial charge is 0.330 e. The molecule has 0 saturated heterocycles. The molecule has 3 aromatic rings. The standard InChI is InChI=1S/C22H21N3O7S/c1-30-18-12-14(8-11-20(26)31-2)13-19(21(18)32-3)33(28,29)25-24-22(27)17-10-9-15-6-4-5-7-16(15)23-17/h4-13,25H,1-3H3,(H,24,27)/b11-8+. The molecular formula is C22H21N3O7S. The van der Waals surface area contributed by atoms with Crippen molar-refractivity contribution in [3.05, 3.63) is 65.9 Å². The van der Waals surface area contributed by atoms with Crippen molar-refractivity contribution in [2.24, 2.45) is 0 Å². The molecule has 0 spiro atoms. The second-order valence-electron chi connectivity index (χ2n) is 6.56. The highest BCUT2D eigenvalue weighted by atomic mass is 32.2. The number of carbonyl (C=O) groups is 2. The number of pyridine rings is 1. The van der Waals surface area contributed by atoms with Gasteiger partial charge in [-0.05, 0) is 35.9 Å². The van der Waals surface area contributed by atoms with E-state index in [-0.39, 0.29) is 22.1 Å². The molecule has 1 aromatic heterocycles. The van der Waals surface area contributed by atoms with Crippen LogP contribution >= 0.6 is 0 Å². The zero-order chi connectivity index (χ0) is 24.0. The van der Waals surface area contributed by atoms with E-state index in [1.807, 2.05) is 17.0 Å². The Morgan fingerprint density at radius 2 is 1.76 bits per heavy atom. The Morgan fingerprint density at radius 1 is 1.00 bits per heavy atom. The number of nitrogens with one attached hydrogen (secondary N) is 2. The number of hydrazine groups is 1. The maximum absolute atomic E-state index is 13.0. The van der Waals surface area contributed by atoms with Crippen LogP contribution in [0.5, 0.6) is 11.5 Å². The molecule has 0 unspecified atom stereocenters. The molecule has 0 atom stereocenters. The topological polar surface area (TPSA) is 133 Å². The summed E-state index contributed by atoms with van der Waals surface area (Å²) < 4.78 is 40.9. The number of esters is 1. The fourth-order valence-electron chi connectivity index (χ4n) is 2.90. The van der Waals surface area contributed by atoms with Gasteiger partial charge in [0.2, 0.25) is 0 Å². The zero-order valence-electron chi connectivity index (χ0n) is 18.0. The van der Waals surface area contributed by atoms with Gasteiger partial charge in [0.25, 0.3) is 15.9 Å². The summed E-state index contributed by atoms with van der Waals surface area (Å²) in [4.78, 5) is 29.8. The highest BCUT2D eigenvalue weighted by molar-refractivity contribution is 7.89. The molecule has 10 nitrogen and oxygen atoms in total. The second-order valence-corrected chi connectivity index (χ2v) is 8.21. The van der Waals surface area contributed by atoms with Crippen molar-refractivity contribution >= 4 is 38.9 Å². The second kappa shape index (κ2) is 10.1. The van der Waals surface area contributed by atoms with Gasteiger partial charge in [-0.25, -0.2) is 18.2 Å². The molecule has 3 rings (SSSR count). The van der Waals surface area contributed by atoms with E-state index in [9.17, 15) is 18.0 Å². The van der Waals surface area contributed by atoms with Crippen LogP contribution in [-0.4, -0.2) is 46.6 Å². The van der Waals surface area contributed by atoms with E-state index < -0.39 is 21.9 Å². The number of amides is 1. The van der Waals surface area contributed by atoms with E-state index in [4.69, 9.17) is 9.47 Å². The van der Waals surface area contributed by atoms with E-state index in [0.717, 1.165) is 11.5 Å². The van der Waals surface area contributed by atoms with Crippen LogP contribution in [0.2, 0.25) is 0 Å². The highest BCUT2D eigenvalue weighted by Gasteiger charge is 2.25. The number of para-hydroxylation sites is 1. The van der Waals surface area contributed by atoms with Crippen LogP contribution in [0.4, 0.5) is 0 Å². The predicted molar refractivity (Wildman–Crippen MR) is 120 cm³/mol. The third-order valence-corrected chi connectivity index (χ3v) is 5.75. The molecule has 1 heterocycles. The molecule has 0 aliphatic carbocycles. The van der Waals surface area contributed by atoms with Gasteiger partial charge in [-0.15, -0.1) is 4.83 Å². The number of hydrogen-bond acceptors (Lipinski definition) is 8. The molecule has 0 fully saturated rings. The number of hydrogen-bond donors (Lipinski definition) is 2. The van der Waals surface area contributed by atoms with Gasteiger partial charge in [0.1, 0.15) is 10.6 Å². The Bertz CT molecular complexity index is 1340. The van der Waals surface area contributed by atoms with Crippen LogP contribution in [0.25, 0.3) is 17.0 Å². The molecule has 33 heavy (non-hydrogen) atoms. The Labute approximate surface area is 190 Å². The lowest BCUT2D eigenvalue weighted by Gasteiger charge is -2.15. The van der Waals surface area contributed by atoms with Crippen LogP contribution in [0.15, 0.2) is 59.5 Å². The molecule has 2 N–H and O–H groups in total. The third kappa shape index (κ3) is 5.45. The van der Waals surface area contributed by atoms with Gasteiger partial charge < -0.3 is 14.2 Å². The van der Waals surface area contributed by atoms with E-state index in [2.05, 4.69) is 15.1 Å². The summed E-state index contributed by atoms with van der Waals surface area (Å²) in [7, 11) is -0.484. The predicted octanol–water partition coefficient (Wildman–Crippen LogP) is 2.06. The maximum atomic E-state index is 13.0. The lowest BCUT2D eigenvalue weighted by Crippen LogP contribution is -2.42. The van der Waals surface area contributed by atoms with Crippen molar-refractivity contribution in [2.75, 3.05) is 21.3 Å². The molecular weight excluding hydrogens is 450 g/mol. The van der Waals surface area contributed by atoms with Crippen molar-refractivity contribution < 1.29 is 32.2 Å². The van der Waals surface area contributed by atoms with Crippen LogP contribution in [0.3, 0.4) is 0 Å². The average molecular weight is 471 g/mol. The van der Waals surface area contributed by atoms with Gasteiger partial charge in [0.15, 0.2) is 11.5 Å². The van der Waals surface area contributed by atoms with Crippen molar-refractivity contribution in [1.29, 1.82) is 0 Å². The van der Waals surface area contributed by atoms with E-state index in [0.29, 0.717) is 11.1 Å². The fraction of sp³-hybridized carbons (Fsp3) is 0.136. The maximum Gasteiger partial charge on any atom is 0.330 e. The lowest BCUT2D eigenvalue weighted by molar-refractivity contribution is -0.134. The number of fused-ring (bicyclic) bond motifs is 1. The van der Waals surface area contributed by atoms with Crippen molar-refractivity contribution in [3.8, 4) is 11.5 Å². The Morgan fingerprint density at radius 3 is 2.45 bits per heavy atom. The molecule has 0 radical (unpaired) electrons. The number of carbonyl (C=O) groups excluding carboxylic acids is 2. The average Bonchev–Trinajstić information content (AvgIpc) is 2.84. The van der Waals surface area contributed by atoms with Crippen molar-refractivity contribution in [3.63, 3.8) is 0 Å². The lowest BCUT2D eigenvalue weighted by atomic mass is 10.2. The number of nitrogens with zero attached hydrogens (tertiary/aromatic N) is 1. The normalized spacial score (nSPS) is 11.4. The van der Waals surface area contributed by atoms with Gasteiger partial charge in [0.05, 0.1) is 26.8 Å². The summed E-state index contributed by atoms with van der Waals surface area (Å²) in [5, 5.41) is 0.836. The molecule has 172 valence electrons. The van der Waals surface area contributed by atoms with Gasteiger partial charge in [-0.3, -0.25) is 10.2 Å². The number of aromatic nitrogens is 1. The number of rotatable bonds is 8. The third-order valence-electron chi connectivity index (χ3n) is 4.50. The minimum atomic E-state index is -4.31. The van der Waals surface area contributed by atoms with E-state index in [1.54, 1.807) is 18.2 Å². The number of benzene rings is 2. The molecule has 11 heteroatoms. The van der Waals surface area contributed by atoms with Gasteiger partial charge in [-0.1, -0.05) is 24.3 Å². The summed E-state index contributed by atoms with van der Waals surface area (Å²) in [6, 6.07) is 13.1. The summed E-state index contributed by atoms with van der Waals surface area (Å²) in [6.07, 6.45) is 2.47. The highest BCUT2D eigenvalue weighted by Crippen LogP contribution is 2.35. The minimum absolute atomic E-state index is 0.0238. The quantitative estimate of drug-likeness (QED) is 0.290. The van der Waals surface area contributed by atoms with Crippen LogP contribution < -0.4 is 19.7 Å². The van der Waals surface area contributed by atoms with E-state index >= 15 is 0 Å². The number of methoxy groups -OCH3 is 3. The molecule has 2 aromatic carbocycles. The first kappa shape index (κ1) is 23.7. The minimum Gasteiger partial charge on any atom is -0.493 e.